The molecule has 0 saturated heterocycles. The fourth-order valence-electron chi connectivity index (χ4n) is 4.80. The molecule has 5 heteroatoms. The second kappa shape index (κ2) is 9.84. The van der Waals surface area contributed by atoms with Gasteiger partial charge in [0.25, 0.3) is 0 Å². The predicted octanol–water partition coefficient (Wildman–Crippen LogP) is 9.38. The zero-order valence-corrected chi connectivity index (χ0v) is 20.1. The van der Waals surface area contributed by atoms with Crippen LogP contribution in [0.4, 0.5) is 39.8 Å². The van der Waals surface area contributed by atoms with Crippen LogP contribution in [0.1, 0.15) is 5.56 Å². The predicted molar refractivity (Wildman–Crippen MR) is 153 cm³/mol. The Morgan fingerprint density at radius 3 is 1.57 bits per heavy atom. The van der Waals surface area contributed by atoms with Crippen LogP contribution in [-0.4, -0.2) is 0 Å². The Balaban J connectivity index is 1.52. The molecule has 1 aliphatic rings. The molecular weight excluding hydrogens is 454 g/mol. The number of rotatable bonds is 6. The molecule has 0 spiro atoms. The van der Waals surface area contributed by atoms with Gasteiger partial charge in [-0.1, -0.05) is 78.9 Å². The van der Waals surface area contributed by atoms with Crippen molar-refractivity contribution in [3.8, 4) is 0 Å². The number of anilines is 7. The van der Waals surface area contributed by atoms with Crippen molar-refractivity contribution in [3.05, 3.63) is 145 Å². The van der Waals surface area contributed by atoms with Crippen molar-refractivity contribution in [2.24, 2.45) is 5.11 Å². The summed E-state index contributed by atoms with van der Waals surface area (Å²) in [6.07, 6.45) is 1.79. The first-order valence-electron chi connectivity index (χ1n) is 12.2. The average molecular weight is 480 g/mol. The van der Waals surface area contributed by atoms with Crippen LogP contribution in [0.3, 0.4) is 0 Å². The first-order valence-corrected chi connectivity index (χ1v) is 12.2. The van der Waals surface area contributed by atoms with E-state index >= 15 is 0 Å². The second-order valence-electron chi connectivity index (χ2n) is 8.65. The quantitative estimate of drug-likeness (QED) is 0.234. The van der Waals surface area contributed by atoms with E-state index in [0.29, 0.717) is 5.70 Å². The molecule has 0 bridgehead atoms. The van der Waals surface area contributed by atoms with Crippen molar-refractivity contribution >= 4 is 45.5 Å². The number of nitrogens with zero attached hydrogens (tertiary/aromatic N) is 3. The molecule has 0 aliphatic carbocycles. The zero-order chi connectivity index (χ0) is 25.0. The standard InChI is InChI=1S/C32H25N5/c33-35-27(23-34-24-13-3-1-4-14-24)26-17-7-8-18-28(26)37-31-21-11-9-19-29(31)36(25-15-5-2-6-16-25)30-20-10-12-22-32(30)37/h1-23,33-34H/b27-23-,35-33?. The highest BCUT2D eigenvalue weighted by molar-refractivity contribution is 6.02. The summed E-state index contributed by atoms with van der Waals surface area (Å²) in [5.74, 6) is 0. The molecule has 5 aromatic carbocycles. The minimum absolute atomic E-state index is 0.542. The summed E-state index contributed by atoms with van der Waals surface area (Å²) in [5, 5.41) is 7.20. The summed E-state index contributed by atoms with van der Waals surface area (Å²) in [6.45, 7) is 0. The molecule has 5 aromatic rings. The van der Waals surface area contributed by atoms with E-state index in [1.54, 1.807) is 6.20 Å². The number of fused-ring (bicyclic) bond motifs is 2. The molecular formula is C32H25N5. The highest BCUT2D eigenvalue weighted by atomic mass is 15.3. The highest BCUT2D eigenvalue weighted by Gasteiger charge is 2.31. The molecule has 0 fully saturated rings. The van der Waals surface area contributed by atoms with Crippen LogP contribution in [0.2, 0.25) is 0 Å². The fourth-order valence-corrected chi connectivity index (χ4v) is 4.80. The Morgan fingerprint density at radius 2 is 1.00 bits per heavy atom. The molecule has 0 unspecified atom stereocenters. The summed E-state index contributed by atoms with van der Waals surface area (Å²) in [7, 11) is 0. The normalized spacial score (nSPS) is 12.5. The molecule has 6 rings (SSSR count). The van der Waals surface area contributed by atoms with Gasteiger partial charge >= 0.3 is 0 Å². The SMILES string of the molecule is N=N/C(=C\Nc1ccccc1)c1ccccc1N1c2ccccc2N(c2ccccc2)c2ccccc21. The van der Waals surface area contributed by atoms with Gasteiger partial charge in [-0.15, -0.1) is 0 Å². The molecule has 37 heavy (non-hydrogen) atoms. The van der Waals surface area contributed by atoms with E-state index in [9.17, 15) is 0 Å². The van der Waals surface area contributed by atoms with Crippen LogP contribution < -0.4 is 15.1 Å². The van der Waals surface area contributed by atoms with Crippen molar-refractivity contribution in [2.75, 3.05) is 15.1 Å². The Labute approximate surface area is 216 Å². The van der Waals surface area contributed by atoms with Crippen molar-refractivity contribution in [1.82, 2.24) is 0 Å². The molecule has 178 valence electrons. The van der Waals surface area contributed by atoms with Gasteiger partial charge in [0.05, 0.1) is 28.4 Å². The van der Waals surface area contributed by atoms with Gasteiger partial charge in [0, 0.05) is 23.1 Å². The maximum absolute atomic E-state index is 8.00. The molecule has 1 heterocycles. The Hall–Kier alpha value is -5.16. The van der Waals surface area contributed by atoms with E-state index in [-0.39, 0.29) is 0 Å². The molecule has 5 nitrogen and oxygen atoms in total. The lowest BCUT2D eigenvalue weighted by molar-refractivity contribution is 1.14. The third-order valence-electron chi connectivity index (χ3n) is 6.43. The second-order valence-corrected chi connectivity index (χ2v) is 8.65. The van der Waals surface area contributed by atoms with Crippen molar-refractivity contribution in [3.63, 3.8) is 0 Å². The van der Waals surface area contributed by atoms with Crippen molar-refractivity contribution < 1.29 is 0 Å². The lowest BCUT2D eigenvalue weighted by Gasteiger charge is -2.40. The van der Waals surface area contributed by atoms with E-state index < -0.39 is 0 Å². The van der Waals surface area contributed by atoms with Gasteiger partial charge < -0.3 is 15.1 Å². The van der Waals surface area contributed by atoms with Gasteiger partial charge in [0.15, 0.2) is 0 Å². The first-order chi connectivity index (χ1) is 18.3. The topological polar surface area (TPSA) is 54.7 Å². The Morgan fingerprint density at radius 1 is 0.541 bits per heavy atom. The van der Waals surface area contributed by atoms with E-state index in [1.165, 1.54) is 0 Å². The fraction of sp³-hybridized carbons (Fsp3) is 0. The van der Waals surface area contributed by atoms with Gasteiger partial charge in [-0.05, 0) is 54.6 Å². The van der Waals surface area contributed by atoms with Crippen molar-refractivity contribution in [1.29, 1.82) is 5.53 Å². The van der Waals surface area contributed by atoms with Crippen molar-refractivity contribution in [2.45, 2.75) is 0 Å². The zero-order valence-electron chi connectivity index (χ0n) is 20.1. The van der Waals surface area contributed by atoms with E-state index in [0.717, 1.165) is 45.4 Å². The largest absolute Gasteiger partial charge is 0.360 e. The van der Waals surface area contributed by atoms with Crippen LogP contribution in [-0.2, 0) is 0 Å². The summed E-state index contributed by atoms with van der Waals surface area (Å²) in [4.78, 5) is 4.56. The van der Waals surface area contributed by atoms with Crippen LogP contribution in [0.5, 0.6) is 0 Å². The third-order valence-corrected chi connectivity index (χ3v) is 6.43. The van der Waals surface area contributed by atoms with E-state index in [4.69, 9.17) is 5.53 Å². The summed E-state index contributed by atoms with van der Waals surface area (Å²) >= 11 is 0. The van der Waals surface area contributed by atoms with Gasteiger partial charge in [0.2, 0.25) is 0 Å². The molecule has 0 amide bonds. The molecule has 0 atom stereocenters. The minimum Gasteiger partial charge on any atom is -0.360 e. The monoisotopic (exact) mass is 479 g/mol. The molecule has 0 saturated carbocycles. The summed E-state index contributed by atoms with van der Waals surface area (Å²) in [6, 6.07) is 45.3. The number of hydrogen-bond acceptors (Lipinski definition) is 5. The van der Waals surface area contributed by atoms with E-state index in [2.05, 4.69) is 99.1 Å². The Bertz CT molecular complexity index is 1530. The maximum Gasteiger partial charge on any atom is 0.110 e. The lowest BCUT2D eigenvalue weighted by Crippen LogP contribution is -2.24. The first kappa shape index (κ1) is 22.3. The molecule has 0 radical (unpaired) electrons. The lowest BCUT2D eigenvalue weighted by atomic mass is 10.0. The molecule has 2 N–H and O–H groups in total. The molecule has 0 aromatic heterocycles. The van der Waals surface area contributed by atoms with Gasteiger partial charge in [-0.25, -0.2) is 5.53 Å². The number of hydrogen-bond donors (Lipinski definition) is 2. The Kier molecular flexibility index (Phi) is 5.93. The van der Waals surface area contributed by atoms with Gasteiger partial charge in [-0.3, -0.25) is 0 Å². The number of para-hydroxylation sites is 7. The molecule has 1 aliphatic heterocycles. The maximum atomic E-state index is 8.00. The van der Waals surface area contributed by atoms with Crippen LogP contribution in [0.25, 0.3) is 5.70 Å². The summed E-state index contributed by atoms with van der Waals surface area (Å²) in [5.41, 5.74) is 16.7. The number of benzene rings is 5. The van der Waals surface area contributed by atoms with Gasteiger partial charge in [-0.2, -0.15) is 5.11 Å². The average Bonchev–Trinajstić information content (AvgIpc) is 2.97. The highest BCUT2D eigenvalue weighted by Crippen LogP contribution is 2.54. The van der Waals surface area contributed by atoms with Crippen LogP contribution in [0.15, 0.2) is 145 Å². The van der Waals surface area contributed by atoms with Crippen LogP contribution >= 0.6 is 0 Å². The number of nitrogens with one attached hydrogen (secondary N) is 2. The third kappa shape index (κ3) is 4.13. The minimum atomic E-state index is 0.542. The summed E-state index contributed by atoms with van der Waals surface area (Å²) < 4.78 is 0. The van der Waals surface area contributed by atoms with Gasteiger partial charge in [0.1, 0.15) is 5.70 Å². The van der Waals surface area contributed by atoms with Crippen LogP contribution in [0, 0.1) is 5.53 Å². The smallest absolute Gasteiger partial charge is 0.110 e. The van der Waals surface area contributed by atoms with E-state index in [1.807, 2.05) is 54.6 Å².